The number of rotatable bonds is 7. The largest absolute Gasteiger partial charge is 0.457 e. The summed E-state index contributed by atoms with van der Waals surface area (Å²) in [6, 6.07) is 7.90. The summed E-state index contributed by atoms with van der Waals surface area (Å²) in [5.74, 6) is -0.282. The molecule has 2 aromatic rings. The fourth-order valence-corrected chi connectivity index (χ4v) is 3.19. The molecule has 0 bridgehead atoms. The second kappa shape index (κ2) is 7.50. The lowest BCUT2D eigenvalue weighted by atomic mass is 10.1. The first-order valence-electron chi connectivity index (χ1n) is 8.72. The Kier molecular flexibility index (Phi) is 5.30. The summed E-state index contributed by atoms with van der Waals surface area (Å²) in [5, 5.41) is 0. The monoisotopic (exact) mass is 377 g/mol. The van der Waals surface area contributed by atoms with Crippen molar-refractivity contribution < 1.29 is 27.8 Å². The van der Waals surface area contributed by atoms with Crippen molar-refractivity contribution in [2.24, 2.45) is 11.8 Å². The van der Waals surface area contributed by atoms with Crippen molar-refractivity contribution >= 4 is 11.8 Å². The number of hydrogen-bond acceptors (Lipinski definition) is 4. The summed E-state index contributed by atoms with van der Waals surface area (Å²) in [4.78, 5) is 24.3. The van der Waals surface area contributed by atoms with Crippen LogP contribution in [0.1, 0.15) is 35.1 Å². The topological polar surface area (TPSA) is 57.5 Å². The van der Waals surface area contributed by atoms with Gasteiger partial charge in [0.1, 0.15) is 5.75 Å². The van der Waals surface area contributed by atoms with Crippen molar-refractivity contribution in [1.82, 2.24) is 4.57 Å². The molecule has 1 aliphatic rings. The van der Waals surface area contributed by atoms with Crippen molar-refractivity contribution in [2.45, 2.75) is 33.8 Å². The van der Waals surface area contributed by atoms with Crippen LogP contribution in [0.2, 0.25) is 0 Å². The first kappa shape index (κ1) is 19.1. The number of carbonyl (C=O) groups excluding carboxylic acids is 2. The first-order chi connectivity index (χ1) is 12.8. The zero-order chi connectivity index (χ0) is 19.7. The average molecular weight is 377 g/mol. The molecule has 0 saturated heterocycles. The summed E-state index contributed by atoms with van der Waals surface area (Å²) in [6.45, 7) is 2.43. The lowest BCUT2D eigenvalue weighted by Crippen LogP contribution is -2.16. The van der Waals surface area contributed by atoms with Gasteiger partial charge < -0.3 is 14.0 Å². The Bertz CT molecular complexity index is 858. The molecule has 144 valence electrons. The SMILES string of the molecule is Cc1cc(C(=O)COC(=O)C2CC2C)c(C)n1-c1ccc(OC(F)F)cc1. The Morgan fingerprint density at radius 2 is 1.85 bits per heavy atom. The Hall–Kier alpha value is -2.70. The number of aromatic nitrogens is 1. The molecule has 1 aliphatic carbocycles. The molecule has 0 spiro atoms. The highest BCUT2D eigenvalue weighted by molar-refractivity contribution is 5.99. The Morgan fingerprint density at radius 1 is 1.22 bits per heavy atom. The summed E-state index contributed by atoms with van der Waals surface area (Å²) in [6.07, 6.45) is 0.812. The Morgan fingerprint density at radius 3 is 2.41 bits per heavy atom. The molecule has 1 saturated carbocycles. The number of carbonyl (C=O) groups is 2. The van der Waals surface area contributed by atoms with E-state index in [4.69, 9.17) is 4.74 Å². The van der Waals surface area contributed by atoms with Crippen molar-refractivity contribution in [3.05, 3.63) is 47.3 Å². The third-order valence-electron chi connectivity index (χ3n) is 4.81. The third-order valence-corrected chi connectivity index (χ3v) is 4.81. The summed E-state index contributed by atoms with van der Waals surface area (Å²) < 4.78 is 35.9. The van der Waals surface area contributed by atoms with E-state index in [9.17, 15) is 18.4 Å². The highest BCUT2D eigenvalue weighted by Gasteiger charge is 2.40. The lowest BCUT2D eigenvalue weighted by Gasteiger charge is -2.11. The fraction of sp³-hybridized carbons (Fsp3) is 0.400. The third kappa shape index (κ3) is 4.18. The van der Waals surface area contributed by atoms with E-state index in [1.807, 2.05) is 18.4 Å². The molecule has 1 aromatic heterocycles. The number of hydrogen-bond donors (Lipinski definition) is 0. The van der Waals surface area contributed by atoms with E-state index in [0.717, 1.165) is 17.8 Å². The summed E-state index contributed by atoms with van der Waals surface area (Å²) in [7, 11) is 0. The van der Waals surface area contributed by atoms with Gasteiger partial charge in [-0.05, 0) is 56.5 Å². The fourth-order valence-electron chi connectivity index (χ4n) is 3.19. The molecule has 3 rings (SSSR count). The molecule has 27 heavy (non-hydrogen) atoms. The summed E-state index contributed by atoms with van der Waals surface area (Å²) >= 11 is 0. The minimum atomic E-state index is -2.88. The normalized spacial score (nSPS) is 18.4. The van der Waals surface area contributed by atoms with Gasteiger partial charge in [-0.25, -0.2) is 0 Å². The number of halogens is 2. The molecular weight excluding hydrogens is 356 g/mol. The van der Waals surface area contributed by atoms with Gasteiger partial charge in [-0.2, -0.15) is 8.78 Å². The van der Waals surface area contributed by atoms with Crippen molar-refractivity contribution in [2.75, 3.05) is 6.61 Å². The van der Waals surface area contributed by atoms with E-state index < -0.39 is 6.61 Å². The van der Waals surface area contributed by atoms with E-state index in [0.29, 0.717) is 17.2 Å². The minimum Gasteiger partial charge on any atom is -0.457 e. The number of ether oxygens (including phenoxy) is 2. The van der Waals surface area contributed by atoms with Crippen molar-refractivity contribution in [3.8, 4) is 11.4 Å². The van der Waals surface area contributed by atoms with Crippen LogP contribution in [0.3, 0.4) is 0 Å². The van der Waals surface area contributed by atoms with Crippen molar-refractivity contribution in [1.29, 1.82) is 0 Å². The van der Waals surface area contributed by atoms with Gasteiger partial charge in [-0.1, -0.05) is 6.92 Å². The Balaban J connectivity index is 1.74. The molecule has 2 atom stereocenters. The molecule has 1 aromatic carbocycles. The molecule has 0 radical (unpaired) electrons. The molecular formula is C20H21F2NO4. The van der Waals surface area contributed by atoms with Gasteiger partial charge >= 0.3 is 12.6 Å². The number of nitrogens with zero attached hydrogens (tertiary/aromatic N) is 1. The number of ketones is 1. The van der Waals surface area contributed by atoms with Gasteiger partial charge in [0.05, 0.1) is 5.92 Å². The zero-order valence-corrected chi connectivity index (χ0v) is 15.4. The van der Waals surface area contributed by atoms with E-state index in [1.165, 1.54) is 12.1 Å². The summed E-state index contributed by atoms with van der Waals surface area (Å²) in [5.41, 5.74) is 2.68. The van der Waals surface area contributed by atoms with Gasteiger partial charge in [0.25, 0.3) is 0 Å². The van der Waals surface area contributed by atoms with Crippen LogP contribution in [-0.2, 0) is 9.53 Å². The van der Waals surface area contributed by atoms with Gasteiger partial charge in [-0.15, -0.1) is 0 Å². The molecule has 0 N–H and O–H groups in total. The van der Waals surface area contributed by atoms with Crippen LogP contribution in [0.15, 0.2) is 30.3 Å². The highest BCUT2D eigenvalue weighted by atomic mass is 19.3. The van der Waals surface area contributed by atoms with E-state index in [1.54, 1.807) is 25.1 Å². The van der Waals surface area contributed by atoms with E-state index >= 15 is 0 Å². The van der Waals surface area contributed by atoms with E-state index in [2.05, 4.69) is 4.74 Å². The molecule has 1 heterocycles. The van der Waals surface area contributed by atoms with Crippen LogP contribution in [-0.4, -0.2) is 29.5 Å². The first-order valence-corrected chi connectivity index (χ1v) is 8.72. The molecule has 7 heteroatoms. The van der Waals surface area contributed by atoms with E-state index in [-0.39, 0.29) is 30.0 Å². The molecule has 5 nitrogen and oxygen atoms in total. The maximum atomic E-state index is 12.5. The van der Waals surface area contributed by atoms with Gasteiger partial charge in [0.2, 0.25) is 5.78 Å². The van der Waals surface area contributed by atoms with Crippen LogP contribution in [0, 0.1) is 25.7 Å². The predicted molar refractivity (Wildman–Crippen MR) is 94.4 cm³/mol. The van der Waals surface area contributed by atoms with Crippen LogP contribution in [0.5, 0.6) is 5.75 Å². The second-order valence-corrected chi connectivity index (χ2v) is 6.84. The highest BCUT2D eigenvalue weighted by Crippen LogP contribution is 2.38. The predicted octanol–water partition coefficient (Wildman–Crippen LogP) is 4.08. The number of alkyl halides is 2. The van der Waals surface area contributed by atoms with Crippen LogP contribution < -0.4 is 4.74 Å². The average Bonchev–Trinajstić information content (AvgIpc) is 3.27. The van der Waals surface area contributed by atoms with Gasteiger partial charge in [-0.3, -0.25) is 9.59 Å². The maximum Gasteiger partial charge on any atom is 0.387 e. The molecule has 2 unspecified atom stereocenters. The number of benzene rings is 1. The van der Waals surface area contributed by atoms with Crippen LogP contribution in [0.25, 0.3) is 5.69 Å². The number of aryl methyl sites for hydroxylation is 1. The van der Waals surface area contributed by atoms with Gasteiger partial charge in [0.15, 0.2) is 6.61 Å². The lowest BCUT2D eigenvalue weighted by molar-refractivity contribution is -0.144. The van der Waals surface area contributed by atoms with Crippen molar-refractivity contribution in [3.63, 3.8) is 0 Å². The maximum absolute atomic E-state index is 12.5. The molecule has 0 aliphatic heterocycles. The zero-order valence-electron chi connectivity index (χ0n) is 15.4. The smallest absolute Gasteiger partial charge is 0.387 e. The number of esters is 1. The van der Waals surface area contributed by atoms with Crippen LogP contribution >= 0.6 is 0 Å². The number of Topliss-reactive ketones (excluding diaryl/α,β-unsaturated/α-hetero) is 1. The second-order valence-electron chi connectivity index (χ2n) is 6.84. The van der Waals surface area contributed by atoms with Crippen LogP contribution in [0.4, 0.5) is 8.78 Å². The Labute approximate surface area is 155 Å². The molecule has 1 fully saturated rings. The molecule has 0 amide bonds. The van der Waals surface area contributed by atoms with Gasteiger partial charge in [0, 0.05) is 22.6 Å². The quantitative estimate of drug-likeness (QED) is 0.539. The minimum absolute atomic E-state index is 0.0636. The standard InChI is InChI=1S/C20H21F2NO4/c1-11-8-16(11)19(25)26-10-18(24)17-9-12(2)23(13(17)3)14-4-6-15(7-5-14)27-20(21)22/h4-7,9,11,16,20H,8,10H2,1-3H3.